The van der Waals surface area contributed by atoms with Crippen molar-refractivity contribution in [2.45, 2.75) is 63.7 Å². The lowest BCUT2D eigenvalue weighted by molar-refractivity contribution is -0.144. The molecule has 4 unspecified atom stereocenters. The van der Waals surface area contributed by atoms with Gasteiger partial charge in [0.25, 0.3) is 0 Å². The van der Waals surface area contributed by atoms with Crippen LogP contribution in [0.1, 0.15) is 39.5 Å². The average molecular weight is 462 g/mol. The molecule has 0 rings (SSSR count). The number of aliphatic hydroxyl groups excluding tert-OH is 1. The normalized spacial score (nSPS) is 14.5. The molecule has 0 aliphatic rings. The Bertz CT molecular complexity index is 712. The molecule has 0 aromatic heterocycles. The average Bonchev–Trinajstić information content (AvgIpc) is 2.66. The second-order valence-electron chi connectivity index (χ2n) is 7.47. The number of hydrogen-bond donors (Lipinski definition) is 8. The van der Waals surface area contributed by atoms with Crippen LogP contribution in [0.2, 0.25) is 0 Å². The molecule has 0 saturated heterocycles. The maximum atomic E-state index is 12.5. The molecule has 0 spiro atoms. The summed E-state index contributed by atoms with van der Waals surface area (Å²) in [5.74, 6) is -7.26. The summed E-state index contributed by atoms with van der Waals surface area (Å²) in [7, 11) is 0. The van der Waals surface area contributed by atoms with Crippen LogP contribution in [0.15, 0.2) is 0 Å². The fourth-order valence-electron chi connectivity index (χ4n) is 2.54. The third kappa shape index (κ3) is 11.2. The van der Waals surface area contributed by atoms with Crippen LogP contribution in [-0.2, 0) is 28.8 Å². The lowest BCUT2D eigenvalue weighted by Crippen LogP contribution is -2.58. The Morgan fingerprint density at radius 1 is 0.781 bits per heavy atom. The van der Waals surface area contributed by atoms with Gasteiger partial charge in [0, 0.05) is 6.42 Å². The van der Waals surface area contributed by atoms with Crippen molar-refractivity contribution in [2.75, 3.05) is 6.61 Å². The van der Waals surface area contributed by atoms with Crippen LogP contribution in [0.5, 0.6) is 0 Å². The topological polar surface area (TPSA) is 245 Å². The van der Waals surface area contributed by atoms with E-state index in [1.807, 2.05) is 10.6 Å². The van der Waals surface area contributed by atoms with E-state index in [1.165, 1.54) is 0 Å². The minimum absolute atomic E-state index is 0.0493. The minimum Gasteiger partial charge on any atom is -0.481 e. The Hall–Kier alpha value is -3.26. The number of carboxylic acid groups (broad SMARTS) is 3. The number of carboxylic acids is 3. The quantitative estimate of drug-likeness (QED) is 0.124. The number of aliphatic hydroxyl groups is 1. The molecule has 182 valence electrons. The van der Waals surface area contributed by atoms with E-state index in [0.29, 0.717) is 0 Å². The Morgan fingerprint density at radius 2 is 1.28 bits per heavy atom. The van der Waals surface area contributed by atoms with Gasteiger partial charge in [-0.25, -0.2) is 4.79 Å². The summed E-state index contributed by atoms with van der Waals surface area (Å²) in [6.45, 7) is 2.63. The fourth-order valence-corrected chi connectivity index (χ4v) is 2.54. The van der Waals surface area contributed by atoms with Gasteiger partial charge in [-0.15, -0.1) is 0 Å². The third-order valence-electron chi connectivity index (χ3n) is 4.15. The molecule has 14 nitrogen and oxygen atoms in total. The molecule has 4 atom stereocenters. The van der Waals surface area contributed by atoms with E-state index in [0.717, 1.165) is 0 Å². The van der Waals surface area contributed by atoms with Crippen molar-refractivity contribution in [3.05, 3.63) is 0 Å². The number of nitrogens with two attached hydrogens (primary N) is 1. The fraction of sp³-hybridized carbons (Fsp3) is 0.667. The Kier molecular flexibility index (Phi) is 12.5. The van der Waals surface area contributed by atoms with E-state index in [4.69, 9.17) is 21.1 Å². The number of rotatable bonds is 15. The number of carbonyl (C=O) groups excluding carboxylic acids is 3. The van der Waals surface area contributed by atoms with E-state index in [1.54, 1.807) is 13.8 Å². The van der Waals surface area contributed by atoms with Crippen LogP contribution in [0.25, 0.3) is 0 Å². The summed E-state index contributed by atoms with van der Waals surface area (Å²) in [4.78, 5) is 69.7. The molecule has 0 saturated carbocycles. The highest BCUT2D eigenvalue weighted by molar-refractivity contribution is 5.95. The number of carbonyl (C=O) groups is 6. The molecule has 0 bridgehead atoms. The van der Waals surface area contributed by atoms with Crippen molar-refractivity contribution in [3.8, 4) is 0 Å². The first kappa shape index (κ1) is 28.7. The van der Waals surface area contributed by atoms with Crippen molar-refractivity contribution >= 4 is 35.6 Å². The van der Waals surface area contributed by atoms with Crippen LogP contribution in [0, 0.1) is 5.92 Å². The zero-order valence-electron chi connectivity index (χ0n) is 17.7. The third-order valence-corrected chi connectivity index (χ3v) is 4.15. The van der Waals surface area contributed by atoms with E-state index < -0.39 is 85.7 Å². The smallest absolute Gasteiger partial charge is 0.326 e. The zero-order chi connectivity index (χ0) is 25.0. The molecule has 0 aliphatic heterocycles. The van der Waals surface area contributed by atoms with Gasteiger partial charge in [0.1, 0.15) is 18.1 Å². The van der Waals surface area contributed by atoms with Gasteiger partial charge in [-0.05, 0) is 18.8 Å². The first-order valence-electron chi connectivity index (χ1n) is 9.72. The molecule has 0 fully saturated rings. The second-order valence-corrected chi connectivity index (χ2v) is 7.47. The van der Waals surface area contributed by atoms with E-state index in [-0.39, 0.29) is 12.3 Å². The van der Waals surface area contributed by atoms with Gasteiger partial charge in [-0.1, -0.05) is 13.8 Å². The van der Waals surface area contributed by atoms with Gasteiger partial charge < -0.3 is 42.1 Å². The maximum absolute atomic E-state index is 12.5. The first-order valence-corrected chi connectivity index (χ1v) is 9.72. The van der Waals surface area contributed by atoms with Gasteiger partial charge in [-0.3, -0.25) is 24.0 Å². The summed E-state index contributed by atoms with van der Waals surface area (Å²) in [5, 5.41) is 42.4. The van der Waals surface area contributed by atoms with Crippen LogP contribution < -0.4 is 21.7 Å². The SMILES string of the molecule is CC(C)CC(N)C(=O)NC(CC(=O)O)C(=O)NC(CO)C(=O)NC(CCC(=O)O)C(=O)O. The lowest BCUT2D eigenvalue weighted by atomic mass is 10.0. The molecule has 0 aromatic rings. The van der Waals surface area contributed by atoms with Gasteiger partial charge in [0.2, 0.25) is 17.7 Å². The van der Waals surface area contributed by atoms with Gasteiger partial charge in [0.05, 0.1) is 19.1 Å². The number of hydrogen-bond acceptors (Lipinski definition) is 8. The molecular formula is C18H30N4O10. The summed E-state index contributed by atoms with van der Waals surface area (Å²) < 4.78 is 0. The van der Waals surface area contributed by atoms with E-state index in [2.05, 4.69) is 5.32 Å². The van der Waals surface area contributed by atoms with E-state index >= 15 is 0 Å². The second kappa shape index (κ2) is 13.9. The molecule has 3 amide bonds. The molecule has 0 aliphatic carbocycles. The molecule has 0 aromatic carbocycles. The molecule has 9 N–H and O–H groups in total. The number of amides is 3. The van der Waals surface area contributed by atoms with Crippen molar-refractivity contribution in [1.29, 1.82) is 0 Å². The standard InChI is InChI=1S/C18H30N4O10/c1-8(2)5-9(19)15(28)21-11(6-14(26)27)16(29)22-12(7-23)17(30)20-10(18(31)32)3-4-13(24)25/h8-12,23H,3-7,19H2,1-2H3,(H,20,30)(H,21,28)(H,22,29)(H,24,25)(H,26,27)(H,31,32). The van der Waals surface area contributed by atoms with Gasteiger partial charge in [0.15, 0.2) is 0 Å². The molecule has 0 radical (unpaired) electrons. The van der Waals surface area contributed by atoms with Crippen LogP contribution >= 0.6 is 0 Å². The molecule has 32 heavy (non-hydrogen) atoms. The van der Waals surface area contributed by atoms with Crippen molar-refractivity contribution in [2.24, 2.45) is 11.7 Å². The number of aliphatic carboxylic acids is 3. The van der Waals surface area contributed by atoms with Crippen LogP contribution in [0.3, 0.4) is 0 Å². The van der Waals surface area contributed by atoms with Crippen LogP contribution in [-0.4, -0.2) is 86.8 Å². The van der Waals surface area contributed by atoms with Crippen molar-refractivity contribution in [3.63, 3.8) is 0 Å². The summed E-state index contributed by atoms with van der Waals surface area (Å²) in [6.07, 6.45) is -1.59. The molecule has 0 heterocycles. The molecule has 14 heteroatoms. The zero-order valence-corrected chi connectivity index (χ0v) is 17.7. The highest BCUT2D eigenvalue weighted by atomic mass is 16.4. The summed E-state index contributed by atoms with van der Waals surface area (Å²) in [5.41, 5.74) is 5.71. The van der Waals surface area contributed by atoms with Gasteiger partial charge >= 0.3 is 17.9 Å². The predicted molar refractivity (Wildman–Crippen MR) is 107 cm³/mol. The molecular weight excluding hydrogens is 432 g/mol. The Labute approximate surface area is 183 Å². The summed E-state index contributed by atoms with van der Waals surface area (Å²) >= 11 is 0. The lowest BCUT2D eigenvalue weighted by Gasteiger charge is -2.23. The maximum Gasteiger partial charge on any atom is 0.326 e. The Morgan fingerprint density at radius 3 is 1.72 bits per heavy atom. The number of nitrogens with one attached hydrogen (secondary N) is 3. The van der Waals surface area contributed by atoms with E-state index in [9.17, 15) is 33.9 Å². The predicted octanol–water partition coefficient (Wildman–Crippen LogP) is -2.77. The highest BCUT2D eigenvalue weighted by Gasteiger charge is 2.31. The summed E-state index contributed by atoms with van der Waals surface area (Å²) in [6, 6.07) is -5.93. The first-order chi connectivity index (χ1) is 14.8. The highest BCUT2D eigenvalue weighted by Crippen LogP contribution is 2.04. The monoisotopic (exact) mass is 462 g/mol. The minimum atomic E-state index is -1.69. The van der Waals surface area contributed by atoms with Crippen LogP contribution in [0.4, 0.5) is 0 Å². The van der Waals surface area contributed by atoms with Crippen molar-refractivity contribution < 1.29 is 49.2 Å². The Balaban J connectivity index is 5.25. The van der Waals surface area contributed by atoms with Gasteiger partial charge in [-0.2, -0.15) is 0 Å². The largest absolute Gasteiger partial charge is 0.481 e. The van der Waals surface area contributed by atoms with Crippen molar-refractivity contribution in [1.82, 2.24) is 16.0 Å².